The first-order valence-electron chi connectivity index (χ1n) is 7.90. The number of carbonyl (C=O) groups excluding carboxylic acids is 1. The second kappa shape index (κ2) is 6.56. The van der Waals surface area contributed by atoms with Crippen molar-refractivity contribution in [2.45, 2.75) is 71.0 Å². The van der Waals surface area contributed by atoms with E-state index in [1.165, 1.54) is 19.3 Å². The predicted octanol–water partition coefficient (Wildman–Crippen LogP) is 1.65. The molecule has 1 aromatic heterocycles. The number of nitrogens with two attached hydrogens (primary N) is 1. The van der Waals surface area contributed by atoms with E-state index < -0.39 is 5.54 Å². The second-order valence-corrected chi connectivity index (χ2v) is 6.49. The van der Waals surface area contributed by atoms with Crippen LogP contribution in [0.3, 0.4) is 0 Å². The number of hydrogen-bond donors (Lipinski definition) is 1. The summed E-state index contributed by atoms with van der Waals surface area (Å²) in [4.78, 5) is 14.5. The van der Waals surface area contributed by atoms with Crippen LogP contribution in [-0.4, -0.2) is 38.4 Å². The van der Waals surface area contributed by atoms with Crippen LogP contribution in [0.4, 0.5) is 0 Å². The molecule has 0 aromatic carbocycles. The molecule has 21 heavy (non-hydrogen) atoms. The minimum absolute atomic E-state index is 0.121. The first kappa shape index (κ1) is 15.9. The van der Waals surface area contributed by atoms with Gasteiger partial charge in [-0.15, -0.1) is 5.10 Å². The van der Waals surface area contributed by atoms with Crippen LogP contribution in [-0.2, 0) is 16.9 Å². The highest BCUT2D eigenvalue weighted by Crippen LogP contribution is 2.22. The van der Waals surface area contributed by atoms with E-state index in [9.17, 15) is 4.79 Å². The maximum Gasteiger partial charge on any atom is 0.244 e. The lowest BCUT2D eigenvalue weighted by atomic mass is 9.94. The third-order valence-corrected chi connectivity index (χ3v) is 4.17. The lowest BCUT2D eigenvalue weighted by Crippen LogP contribution is -2.43. The Morgan fingerprint density at radius 3 is 2.62 bits per heavy atom. The van der Waals surface area contributed by atoms with Crippen LogP contribution in [0.5, 0.6) is 0 Å². The standard InChI is InChI=1S/C15H27N5O/c1-4-20(12-8-6-5-7-9-12)14(21)11-19-10-13(17-18-19)15(2,3)16/h10,12H,4-9,11,16H2,1-3H3. The van der Waals surface area contributed by atoms with Crippen LogP contribution in [0.2, 0.25) is 0 Å². The van der Waals surface area contributed by atoms with Gasteiger partial charge in [-0.05, 0) is 33.6 Å². The minimum Gasteiger partial charge on any atom is -0.338 e. The Labute approximate surface area is 126 Å². The Hall–Kier alpha value is -1.43. The van der Waals surface area contributed by atoms with Gasteiger partial charge in [-0.2, -0.15) is 0 Å². The van der Waals surface area contributed by atoms with Gasteiger partial charge in [-0.3, -0.25) is 4.79 Å². The zero-order valence-corrected chi connectivity index (χ0v) is 13.4. The van der Waals surface area contributed by atoms with Crippen molar-refractivity contribution in [1.82, 2.24) is 19.9 Å². The van der Waals surface area contributed by atoms with E-state index >= 15 is 0 Å². The van der Waals surface area contributed by atoms with Crippen LogP contribution in [0.25, 0.3) is 0 Å². The zero-order valence-electron chi connectivity index (χ0n) is 13.4. The van der Waals surface area contributed by atoms with Gasteiger partial charge >= 0.3 is 0 Å². The number of amides is 1. The number of hydrogen-bond acceptors (Lipinski definition) is 4. The van der Waals surface area contributed by atoms with Crippen LogP contribution in [0, 0.1) is 0 Å². The molecule has 0 unspecified atom stereocenters. The molecule has 1 heterocycles. The highest BCUT2D eigenvalue weighted by molar-refractivity contribution is 5.76. The molecule has 118 valence electrons. The molecule has 1 amide bonds. The van der Waals surface area contributed by atoms with Gasteiger partial charge in [0.15, 0.2) is 0 Å². The predicted molar refractivity (Wildman–Crippen MR) is 81.5 cm³/mol. The van der Waals surface area contributed by atoms with E-state index in [2.05, 4.69) is 10.3 Å². The molecular formula is C15H27N5O. The Bertz CT molecular complexity index is 471. The molecule has 1 aliphatic rings. The fourth-order valence-electron chi connectivity index (χ4n) is 2.93. The molecule has 6 nitrogen and oxygen atoms in total. The van der Waals surface area contributed by atoms with Crippen molar-refractivity contribution in [1.29, 1.82) is 0 Å². The molecule has 0 bridgehead atoms. The van der Waals surface area contributed by atoms with E-state index in [0.717, 1.165) is 19.4 Å². The van der Waals surface area contributed by atoms with Gasteiger partial charge in [0.05, 0.1) is 11.7 Å². The molecule has 1 aromatic rings. The fraction of sp³-hybridized carbons (Fsp3) is 0.800. The average molecular weight is 293 g/mol. The SMILES string of the molecule is CCN(C(=O)Cn1cc(C(C)(C)N)nn1)C1CCCCC1. The van der Waals surface area contributed by atoms with E-state index in [1.54, 1.807) is 10.9 Å². The van der Waals surface area contributed by atoms with Crippen molar-refractivity contribution in [2.24, 2.45) is 5.73 Å². The van der Waals surface area contributed by atoms with Gasteiger partial charge in [0, 0.05) is 12.6 Å². The highest BCUT2D eigenvalue weighted by atomic mass is 16.2. The van der Waals surface area contributed by atoms with Crippen molar-refractivity contribution in [3.8, 4) is 0 Å². The Kier molecular flexibility index (Phi) is 4.98. The maximum absolute atomic E-state index is 12.5. The van der Waals surface area contributed by atoms with E-state index in [1.807, 2.05) is 25.7 Å². The first-order valence-corrected chi connectivity index (χ1v) is 7.90. The molecule has 0 saturated heterocycles. The van der Waals surface area contributed by atoms with E-state index in [4.69, 9.17) is 5.73 Å². The summed E-state index contributed by atoms with van der Waals surface area (Å²) in [6, 6.07) is 0.394. The van der Waals surface area contributed by atoms with Crippen LogP contribution in [0.1, 0.15) is 58.6 Å². The van der Waals surface area contributed by atoms with Crippen molar-refractivity contribution >= 4 is 5.91 Å². The summed E-state index contributed by atoms with van der Waals surface area (Å²) in [5, 5.41) is 8.08. The summed E-state index contributed by atoms with van der Waals surface area (Å²) in [5.41, 5.74) is 6.16. The Balaban J connectivity index is 2.00. The van der Waals surface area contributed by atoms with E-state index in [0.29, 0.717) is 11.7 Å². The molecule has 1 aliphatic carbocycles. The third-order valence-electron chi connectivity index (χ3n) is 4.17. The molecule has 0 radical (unpaired) electrons. The molecule has 2 N–H and O–H groups in total. The number of aromatic nitrogens is 3. The van der Waals surface area contributed by atoms with Gasteiger partial charge in [-0.1, -0.05) is 24.5 Å². The van der Waals surface area contributed by atoms with Crippen LogP contribution in [0.15, 0.2) is 6.20 Å². The van der Waals surface area contributed by atoms with Crippen LogP contribution >= 0.6 is 0 Å². The Morgan fingerprint density at radius 2 is 2.10 bits per heavy atom. The molecule has 2 rings (SSSR count). The van der Waals surface area contributed by atoms with Crippen molar-refractivity contribution in [2.75, 3.05) is 6.54 Å². The number of nitrogens with zero attached hydrogens (tertiary/aromatic N) is 4. The highest BCUT2D eigenvalue weighted by Gasteiger charge is 2.25. The molecule has 0 spiro atoms. The quantitative estimate of drug-likeness (QED) is 0.895. The van der Waals surface area contributed by atoms with Gasteiger partial charge in [-0.25, -0.2) is 4.68 Å². The second-order valence-electron chi connectivity index (χ2n) is 6.49. The molecule has 1 saturated carbocycles. The molecular weight excluding hydrogens is 266 g/mol. The minimum atomic E-state index is -0.533. The average Bonchev–Trinajstić information content (AvgIpc) is 2.89. The van der Waals surface area contributed by atoms with Crippen LogP contribution < -0.4 is 5.73 Å². The third kappa shape index (κ3) is 4.03. The fourth-order valence-corrected chi connectivity index (χ4v) is 2.93. The first-order chi connectivity index (χ1) is 9.91. The lowest BCUT2D eigenvalue weighted by molar-refractivity contribution is -0.134. The topological polar surface area (TPSA) is 77.0 Å². The largest absolute Gasteiger partial charge is 0.338 e. The summed E-state index contributed by atoms with van der Waals surface area (Å²) in [6.45, 7) is 6.80. The molecule has 0 aliphatic heterocycles. The summed E-state index contributed by atoms with van der Waals surface area (Å²) < 4.78 is 1.60. The number of carbonyl (C=O) groups is 1. The summed E-state index contributed by atoms with van der Waals surface area (Å²) in [7, 11) is 0. The van der Waals surface area contributed by atoms with Gasteiger partial charge in [0.25, 0.3) is 0 Å². The normalized spacial score (nSPS) is 17.0. The summed E-state index contributed by atoms with van der Waals surface area (Å²) in [6.07, 6.45) is 7.76. The number of likely N-dealkylation sites (N-methyl/N-ethyl adjacent to an activating group) is 1. The summed E-state index contributed by atoms with van der Waals surface area (Å²) in [5.74, 6) is 0.121. The molecule has 1 fully saturated rings. The molecule has 0 atom stereocenters. The van der Waals surface area contributed by atoms with Gasteiger partial charge in [0.1, 0.15) is 12.2 Å². The van der Waals surface area contributed by atoms with Gasteiger partial charge in [0.2, 0.25) is 5.91 Å². The lowest BCUT2D eigenvalue weighted by Gasteiger charge is -2.33. The van der Waals surface area contributed by atoms with Gasteiger partial charge < -0.3 is 10.6 Å². The maximum atomic E-state index is 12.5. The summed E-state index contributed by atoms with van der Waals surface area (Å²) >= 11 is 0. The van der Waals surface area contributed by atoms with Crippen molar-refractivity contribution in [3.05, 3.63) is 11.9 Å². The monoisotopic (exact) mass is 293 g/mol. The van der Waals surface area contributed by atoms with Crippen molar-refractivity contribution < 1.29 is 4.79 Å². The molecule has 6 heteroatoms. The zero-order chi connectivity index (χ0) is 15.5. The van der Waals surface area contributed by atoms with E-state index in [-0.39, 0.29) is 12.5 Å². The Morgan fingerprint density at radius 1 is 1.43 bits per heavy atom. The van der Waals surface area contributed by atoms with Crippen molar-refractivity contribution in [3.63, 3.8) is 0 Å². The number of rotatable bonds is 5. The smallest absolute Gasteiger partial charge is 0.244 e.